The molecule has 0 amide bonds. The number of hydrogen-bond donors (Lipinski definition) is 2. The summed E-state index contributed by atoms with van der Waals surface area (Å²) in [5, 5.41) is 3.58. The standard InChI is InChI=1S/C12H25N3O/c1-16-7-5-10(13)8-14-11-4-6-15(9-11)12-2-3-12/h10-12,14H,2-9,13H2,1H3. The van der Waals surface area contributed by atoms with Crippen LogP contribution in [0.4, 0.5) is 0 Å². The van der Waals surface area contributed by atoms with Gasteiger partial charge in [-0.1, -0.05) is 0 Å². The number of nitrogens with one attached hydrogen (secondary N) is 1. The van der Waals surface area contributed by atoms with Crippen LogP contribution in [-0.2, 0) is 4.74 Å². The first kappa shape index (κ1) is 12.3. The third kappa shape index (κ3) is 3.70. The summed E-state index contributed by atoms with van der Waals surface area (Å²) in [6.45, 7) is 4.19. The molecular formula is C12H25N3O. The van der Waals surface area contributed by atoms with Crippen LogP contribution in [0.5, 0.6) is 0 Å². The quantitative estimate of drug-likeness (QED) is 0.651. The molecule has 4 nitrogen and oxygen atoms in total. The lowest BCUT2D eigenvalue weighted by molar-refractivity contribution is 0.187. The average molecular weight is 227 g/mol. The number of nitrogens with two attached hydrogens (primary N) is 1. The number of ether oxygens (including phenoxy) is 1. The molecule has 2 rings (SSSR count). The molecule has 2 fully saturated rings. The van der Waals surface area contributed by atoms with Crippen molar-refractivity contribution in [2.45, 2.75) is 43.8 Å². The van der Waals surface area contributed by atoms with E-state index in [0.717, 1.165) is 25.6 Å². The normalized spacial score (nSPS) is 28.5. The summed E-state index contributed by atoms with van der Waals surface area (Å²) in [7, 11) is 1.73. The van der Waals surface area contributed by atoms with Gasteiger partial charge in [0, 0.05) is 51.5 Å². The Labute approximate surface area is 98.5 Å². The second-order valence-corrected chi connectivity index (χ2v) is 5.16. The molecule has 2 aliphatic rings. The Kier molecular flexibility index (Phi) is 4.58. The van der Waals surface area contributed by atoms with Crippen molar-refractivity contribution in [3.63, 3.8) is 0 Å². The van der Waals surface area contributed by atoms with Crippen LogP contribution >= 0.6 is 0 Å². The highest BCUT2D eigenvalue weighted by molar-refractivity contribution is 4.92. The van der Waals surface area contributed by atoms with Gasteiger partial charge in [0.2, 0.25) is 0 Å². The van der Waals surface area contributed by atoms with Gasteiger partial charge in [0.05, 0.1) is 0 Å². The maximum atomic E-state index is 5.99. The van der Waals surface area contributed by atoms with E-state index in [9.17, 15) is 0 Å². The molecule has 1 aliphatic carbocycles. The lowest BCUT2D eigenvalue weighted by atomic mass is 10.2. The van der Waals surface area contributed by atoms with E-state index in [1.54, 1.807) is 7.11 Å². The van der Waals surface area contributed by atoms with Crippen molar-refractivity contribution in [3.8, 4) is 0 Å². The zero-order chi connectivity index (χ0) is 11.4. The van der Waals surface area contributed by atoms with Crippen molar-refractivity contribution >= 4 is 0 Å². The van der Waals surface area contributed by atoms with Gasteiger partial charge in [-0.05, 0) is 25.7 Å². The molecule has 2 unspecified atom stereocenters. The van der Waals surface area contributed by atoms with Crippen LogP contribution in [0.25, 0.3) is 0 Å². The van der Waals surface area contributed by atoms with Crippen LogP contribution in [0.2, 0.25) is 0 Å². The van der Waals surface area contributed by atoms with Gasteiger partial charge < -0.3 is 15.8 Å². The molecule has 4 heteroatoms. The maximum absolute atomic E-state index is 5.99. The number of hydrogen-bond acceptors (Lipinski definition) is 4. The third-order valence-corrected chi connectivity index (χ3v) is 3.64. The second-order valence-electron chi connectivity index (χ2n) is 5.16. The average Bonchev–Trinajstić information content (AvgIpc) is 3.03. The molecule has 0 spiro atoms. The molecule has 1 heterocycles. The van der Waals surface area contributed by atoms with E-state index < -0.39 is 0 Å². The molecular weight excluding hydrogens is 202 g/mol. The Morgan fingerprint density at radius 1 is 1.44 bits per heavy atom. The van der Waals surface area contributed by atoms with E-state index in [1.165, 1.54) is 32.4 Å². The SMILES string of the molecule is COCCC(N)CNC1CCN(C2CC2)C1. The molecule has 0 aromatic carbocycles. The molecule has 0 bridgehead atoms. The highest BCUT2D eigenvalue weighted by Gasteiger charge is 2.34. The Balaban J connectivity index is 1.56. The fraction of sp³-hybridized carbons (Fsp3) is 1.00. The lowest BCUT2D eigenvalue weighted by Gasteiger charge is -2.18. The van der Waals surface area contributed by atoms with E-state index in [4.69, 9.17) is 10.5 Å². The zero-order valence-electron chi connectivity index (χ0n) is 10.3. The minimum Gasteiger partial charge on any atom is -0.385 e. The number of likely N-dealkylation sites (tertiary alicyclic amines) is 1. The maximum Gasteiger partial charge on any atom is 0.0477 e. The van der Waals surface area contributed by atoms with Crippen molar-refractivity contribution in [1.29, 1.82) is 0 Å². The van der Waals surface area contributed by atoms with Gasteiger partial charge in [0.25, 0.3) is 0 Å². The van der Waals surface area contributed by atoms with Crippen LogP contribution in [0.15, 0.2) is 0 Å². The first-order valence-corrected chi connectivity index (χ1v) is 6.51. The summed E-state index contributed by atoms with van der Waals surface area (Å²) < 4.78 is 5.03. The third-order valence-electron chi connectivity index (χ3n) is 3.64. The van der Waals surface area contributed by atoms with Crippen LogP contribution in [0, 0.1) is 0 Å². The van der Waals surface area contributed by atoms with Crippen LogP contribution in [0.3, 0.4) is 0 Å². The van der Waals surface area contributed by atoms with Crippen molar-refractivity contribution < 1.29 is 4.74 Å². The van der Waals surface area contributed by atoms with Crippen molar-refractivity contribution in [2.75, 3.05) is 33.4 Å². The summed E-state index contributed by atoms with van der Waals surface area (Å²) in [5.41, 5.74) is 5.99. The van der Waals surface area contributed by atoms with Gasteiger partial charge in [0.1, 0.15) is 0 Å². The van der Waals surface area contributed by atoms with E-state index in [-0.39, 0.29) is 6.04 Å². The zero-order valence-corrected chi connectivity index (χ0v) is 10.3. The van der Waals surface area contributed by atoms with Crippen molar-refractivity contribution in [1.82, 2.24) is 10.2 Å². The van der Waals surface area contributed by atoms with Gasteiger partial charge in [-0.15, -0.1) is 0 Å². The van der Waals surface area contributed by atoms with Gasteiger partial charge >= 0.3 is 0 Å². The van der Waals surface area contributed by atoms with Gasteiger partial charge in [-0.3, -0.25) is 4.90 Å². The second kappa shape index (κ2) is 5.96. The Hall–Kier alpha value is -0.160. The summed E-state index contributed by atoms with van der Waals surface area (Å²) >= 11 is 0. The largest absolute Gasteiger partial charge is 0.385 e. The molecule has 16 heavy (non-hydrogen) atoms. The highest BCUT2D eigenvalue weighted by Crippen LogP contribution is 2.29. The summed E-state index contributed by atoms with van der Waals surface area (Å²) in [4.78, 5) is 2.62. The summed E-state index contributed by atoms with van der Waals surface area (Å²) in [6.07, 6.45) is 5.07. The molecule has 1 saturated carbocycles. The van der Waals surface area contributed by atoms with Crippen LogP contribution in [0.1, 0.15) is 25.7 Å². The molecule has 0 aromatic rings. The molecule has 1 saturated heterocycles. The topological polar surface area (TPSA) is 50.5 Å². The Morgan fingerprint density at radius 3 is 2.94 bits per heavy atom. The summed E-state index contributed by atoms with van der Waals surface area (Å²) in [6, 6.07) is 1.80. The van der Waals surface area contributed by atoms with E-state index in [2.05, 4.69) is 10.2 Å². The fourth-order valence-electron chi connectivity index (χ4n) is 2.41. The van der Waals surface area contributed by atoms with Crippen molar-refractivity contribution in [3.05, 3.63) is 0 Å². The smallest absolute Gasteiger partial charge is 0.0477 e. The molecule has 0 radical (unpaired) electrons. The van der Waals surface area contributed by atoms with Gasteiger partial charge in [0.15, 0.2) is 0 Å². The number of nitrogens with zero attached hydrogens (tertiary/aromatic N) is 1. The van der Waals surface area contributed by atoms with E-state index in [0.29, 0.717) is 6.04 Å². The predicted molar refractivity (Wildman–Crippen MR) is 65.5 cm³/mol. The minimum absolute atomic E-state index is 0.231. The van der Waals surface area contributed by atoms with E-state index in [1.807, 2.05) is 0 Å². The fourth-order valence-corrected chi connectivity index (χ4v) is 2.41. The minimum atomic E-state index is 0.231. The van der Waals surface area contributed by atoms with Crippen LogP contribution < -0.4 is 11.1 Å². The van der Waals surface area contributed by atoms with Crippen molar-refractivity contribution in [2.24, 2.45) is 5.73 Å². The first-order valence-electron chi connectivity index (χ1n) is 6.51. The van der Waals surface area contributed by atoms with E-state index >= 15 is 0 Å². The number of methoxy groups -OCH3 is 1. The number of rotatable bonds is 7. The van der Waals surface area contributed by atoms with Gasteiger partial charge in [-0.2, -0.15) is 0 Å². The molecule has 94 valence electrons. The first-order chi connectivity index (χ1) is 7.79. The predicted octanol–water partition coefficient (Wildman–Crippen LogP) is 0.177. The molecule has 1 aliphatic heterocycles. The Bertz CT molecular complexity index is 208. The monoisotopic (exact) mass is 227 g/mol. The summed E-state index contributed by atoms with van der Waals surface area (Å²) in [5.74, 6) is 0. The Morgan fingerprint density at radius 2 is 2.25 bits per heavy atom. The highest BCUT2D eigenvalue weighted by atomic mass is 16.5. The molecule has 2 atom stereocenters. The van der Waals surface area contributed by atoms with Crippen LogP contribution in [-0.4, -0.2) is 56.4 Å². The molecule has 0 aromatic heterocycles. The van der Waals surface area contributed by atoms with Gasteiger partial charge in [-0.25, -0.2) is 0 Å². The lowest BCUT2D eigenvalue weighted by Crippen LogP contribution is -2.41. The molecule has 3 N–H and O–H groups in total.